The SMILES string of the molecule is Nc1nc(/C(=N/OC2(C(=O)OC(c3ccccc3)c3ccccc3)CC2)C(O)N[C@@H]2C(=O)N(S(=O)(=O)O)[C@@H]2CN2CCOC2=O)cs1. The summed E-state index contributed by atoms with van der Waals surface area (Å²) in [5.74, 6) is -1.77. The van der Waals surface area contributed by atoms with Gasteiger partial charge >= 0.3 is 22.4 Å². The largest absolute Gasteiger partial charge is 0.450 e. The number of ether oxygens (including phenoxy) is 2. The molecule has 1 aromatic heterocycles. The van der Waals surface area contributed by atoms with E-state index in [2.05, 4.69) is 15.5 Å². The fourth-order valence-corrected chi connectivity index (χ4v) is 6.68. The third kappa shape index (κ3) is 6.77. The molecule has 0 radical (unpaired) electrons. The van der Waals surface area contributed by atoms with Crippen LogP contribution >= 0.6 is 11.3 Å². The third-order valence-corrected chi connectivity index (χ3v) is 9.50. The van der Waals surface area contributed by atoms with Gasteiger partial charge in [-0.15, -0.1) is 11.3 Å². The average molecular weight is 687 g/mol. The molecule has 5 N–H and O–H groups in total. The molecular formula is C29H30N6O10S2. The van der Waals surface area contributed by atoms with Crippen LogP contribution in [-0.2, 0) is 34.2 Å². The molecule has 2 aliphatic heterocycles. The van der Waals surface area contributed by atoms with Crippen molar-refractivity contribution in [3.8, 4) is 0 Å². The smallest absolute Gasteiger partial charge is 0.410 e. The number of oxime groups is 1. The number of esters is 1. The van der Waals surface area contributed by atoms with Gasteiger partial charge in [0.05, 0.1) is 12.6 Å². The van der Waals surface area contributed by atoms with Crippen LogP contribution in [-0.4, -0.2) is 99.6 Å². The van der Waals surface area contributed by atoms with E-state index in [9.17, 15) is 32.5 Å². The summed E-state index contributed by atoms with van der Waals surface area (Å²) < 4.78 is 44.6. The van der Waals surface area contributed by atoms with E-state index in [1.165, 1.54) is 5.38 Å². The van der Waals surface area contributed by atoms with Crippen molar-refractivity contribution in [2.45, 2.75) is 42.9 Å². The molecule has 16 nitrogen and oxygen atoms in total. The Morgan fingerprint density at radius 3 is 2.30 bits per heavy atom. The molecule has 2 amide bonds. The van der Waals surface area contributed by atoms with Crippen molar-refractivity contribution in [3.05, 3.63) is 82.9 Å². The van der Waals surface area contributed by atoms with Gasteiger partial charge in [0.15, 0.2) is 17.5 Å². The van der Waals surface area contributed by atoms with Gasteiger partial charge in [0, 0.05) is 24.8 Å². The first-order valence-corrected chi connectivity index (χ1v) is 16.7. The summed E-state index contributed by atoms with van der Waals surface area (Å²) in [6, 6.07) is 15.7. The number of aromatic nitrogens is 1. The summed E-state index contributed by atoms with van der Waals surface area (Å²) in [6.07, 6.45) is -2.74. The second kappa shape index (κ2) is 12.9. The van der Waals surface area contributed by atoms with E-state index in [0.717, 1.165) is 27.4 Å². The van der Waals surface area contributed by atoms with Crippen LogP contribution in [0, 0.1) is 0 Å². The Labute approximate surface area is 272 Å². The molecule has 248 valence electrons. The molecule has 1 aliphatic carbocycles. The third-order valence-electron chi connectivity index (χ3n) is 7.88. The molecule has 2 aromatic carbocycles. The van der Waals surface area contributed by atoms with Crippen LogP contribution in [0.25, 0.3) is 0 Å². The number of thiazole rings is 1. The number of nitrogens with one attached hydrogen (secondary N) is 1. The van der Waals surface area contributed by atoms with Gasteiger partial charge in [-0.25, -0.2) is 18.9 Å². The normalized spacial score (nSPS) is 21.3. The zero-order valence-corrected chi connectivity index (χ0v) is 26.2. The molecule has 3 atom stereocenters. The molecule has 3 aliphatic rings. The number of β-lactam (4-membered cyclic amide) rings is 1. The molecule has 1 unspecified atom stereocenters. The summed E-state index contributed by atoms with van der Waals surface area (Å²) in [4.78, 5) is 49.4. The highest BCUT2D eigenvalue weighted by Gasteiger charge is 2.57. The Kier molecular flexibility index (Phi) is 8.86. The van der Waals surface area contributed by atoms with Gasteiger partial charge < -0.3 is 30.1 Å². The maximum Gasteiger partial charge on any atom is 0.410 e. The standard InChI is InChI=1S/C29H30N6O10S2/c30-27-31-19(16-46-27)21(24(36)32-22-20(15-34-13-14-43-28(34)39)35(25(22)37)47(40,41)42)33-45-29(11-12-29)26(38)44-23(17-7-3-1-4-8-17)18-9-5-2-6-10-18/h1-10,16,20,22-24,32,36H,11-15H2,(H2,30,31)(H,40,41,42)/b33-21-/t20-,22+,24?/m1/s1. The van der Waals surface area contributed by atoms with Gasteiger partial charge in [-0.3, -0.25) is 14.7 Å². The summed E-state index contributed by atoms with van der Waals surface area (Å²) in [5.41, 5.74) is 5.61. The van der Waals surface area contributed by atoms with E-state index in [1.807, 2.05) is 60.7 Å². The lowest BCUT2D eigenvalue weighted by Crippen LogP contribution is -2.75. The highest BCUT2D eigenvalue weighted by Crippen LogP contribution is 2.43. The molecule has 0 spiro atoms. The fraction of sp³-hybridized carbons (Fsp3) is 0.345. The van der Waals surface area contributed by atoms with Crippen LogP contribution in [0.15, 0.2) is 71.2 Å². The summed E-state index contributed by atoms with van der Waals surface area (Å²) in [5, 5.41) is 19.5. The van der Waals surface area contributed by atoms with Gasteiger partial charge in [-0.2, -0.15) is 8.42 Å². The van der Waals surface area contributed by atoms with Gasteiger partial charge in [0.25, 0.3) is 5.91 Å². The van der Waals surface area contributed by atoms with Gasteiger partial charge in [-0.1, -0.05) is 65.8 Å². The molecule has 1 saturated carbocycles. The number of aliphatic hydroxyl groups is 1. The number of carbonyl (C=O) groups is 3. The zero-order chi connectivity index (χ0) is 33.3. The number of amides is 2. The summed E-state index contributed by atoms with van der Waals surface area (Å²) in [7, 11) is -4.99. The maximum atomic E-state index is 13.5. The van der Waals surface area contributed by atoms with Crippen molar-refractivity contribution in [2.24, 2.45) is 5.16 Å². The molecule has 47 heavy (non-hydrogen) atoms. The average Bonchev–Trinajstić information content (AvgIpc) is 3.55. The lowest BCUT2D eigenvalue weighted by Gasteiger charge is -2.46. The molecule has 18 heteroatoms. The minimum atomic E-state index is -4.99. The van der Waals surface area contributed by atoms with Crippen molar-refractivity contribution < 1.29 is 46.8 Å². The Bertz CT molecular complexity index is 1750. The van der Waals surface area contributed by atoms with Crippen molar-refractivity contribution >= 4 is 50.5 Å². The Morgan fingerprint density at radius 1 is 1.15 bits per heavy atom. The number of carbonyl (C=O) groups excluding carboxylic acids is 3. The number of nitrogen functional groups attached to an aromatic ring is 1. The van der Waals surface area contributed by atoms with Gasteiger partial charge in [-0.05, 0) is 11.1 Å². The van der Waals surface area contributed by atoms with E-state index in [4.69, 9.17) is 20.0 Å². The number of nitrogens with zero attached hydrogens (tertiary/aromatic N) is 4. The quantitative estimate of drug-likeness (QED) is 0.0494. The number of nitrogens with two attached hydrogens (primary N) is 1. The second-order valence-corrected chi connectivity index (χ2v) is 13.2. The number of anilines is 1. The Balaban J connectivity index is 1.22. The molecule has 3 aromatic rings. The fourth-order valence-electron chi connectivity index (χ4n) is 5.25. The Morgan fingerprint density at radius 2 is 1.79 bits per heavy atom. The van der Waals surface area contributed by atoms with Crippen molar-refractivity contribution in [1.29, 1.82) is 0 Å². The predicted octanol–water partition coefficient (Wildman–Crippen LogP) is 1.05. The number of rotatable bonds is 13. The number of hydrogen-bond acceptors (Lipinski definition) is 14. The van der Waals surface area contributed by atoms with Crippen LogP contribution < -0.4 is 11.1 Å². The molecule has 3 heterocycles. The number of cyclic esters (lactones) is 1. The molecule has 6 rings (SSSR count). The maximum absolute atomic E-state index is 13.5. The lowest BCUT2D eigenvalue weighted by molar-refractivity contribution is -0.164. The summed E-state index contributed by atoms with van der Waals surface area (Å²) >= 11 is 1.03. The number of hydrogen-bond donors (Lipinski definition) is 4. The zero-order valence-electron chi connectivity index (χ0n) is 24.5. The van der Waals surface area contributed by atoms with E-state index in [-0.39, 0.29) is 53.4 Å². The van der Waals surface area contributed by atoms with E-state index >= 15 is 0 Å². The van der Waals surface area contributed by atoms with Crippen LogP contribution in [0.4, 0.5) is 9.93 Å². The van der Waals surface area contributed by atoms with Crippen molar-refractivity contribution in [2.75, 3.05) is 25.4 Å². The molecule has 0 bridgehead atoms. The molecular weight excluding hydrogens is 656 g/mol. The second-order valence-electron chi connectivity index (χ2n) is 11.0. The predicted molar refractivity (Wildman–Crippen MR) is 165 cm³/mol. The van der Waals surface area contributed by atoms with Crippen molar-refractivity contribution in [1.82, 2.24) is 19.5 Å². The highest BCUT2D eigenvalue weighted by molar-refractivity contribution is 7.84. The van der Waals surface area contributed by atoms with E-state index < -0.39 is 58.3 Å². The topological polar surface area (TPSA) is 223 Å². The number of benzene rings is 2. The van der Waals surface area contributed by atoms with Crippen LogP contribution in [0.1, 0.15) is 35.8 Å². The van der Waals surface area contributed by atoms with Crippen LogP contribution in [0.2, 0.25) is 0 Å². The molecule has 2 saturated heterocycles. The van der Waals surface area contributed by atoms with Gasteiger partial charge in [0.1, 0.15) is 24.1 Å². The highest BCUT2D eigenvalue weighted by atomic mass is 32.2. The first kappa shape index (κ1) is 32.3. The minimum Gasteiger partial charge on any atom is -0.450 e. The monoisotopic (exact) mass is 686 g/mol. The first-order chi connectivity index (χ1) is 22.5. The van der Waals surface area contributed by atoms with Crippen LogP contribution in [0.5, 0.6) is 0 Å². The lowest BCUT2D eigenvalue weighted by atomic mass is 9.97. The first-order valence-electron chi connectivity index (χ1n) is 14.4. The Hall–Kier alpha value is -4.62. The van der Waals surface area contributed by atoms with E-state index in [0.29, 0.717) is 0 Å². The molecule has 3 fully saturated rings. The van der Waals surface area contributed by atoms with Crippen LogP contribution in [0.3, 0.4) is 0 Å². The minimum absolute atomic E-state index is 0.0567. The number of aliphatic hydroxyl groups excluding tert-OH is 1. The summed E-state index contributed by atoms with van der Waals surface area (Å²) in [6.45, 7) is -0.127. The van der Waals surface area contributed by atoms with Gasteiger partial charge in [0.2, 0.25) is 5.60 Å². The van der Waals surface area contributed by atoms with Crippen molar-refractivity contribution in [3.63, 3.8) is 0 Å². The van der Waals surface area contributed by atoms with E-state index in [1.54, 1.807) is 0 Å².